The molecule has 24 heavy (non-hydrogen) atoms. The highest BCUT2D eigenvalue weighted by molar-refractivity contribution is 5.86. The molecule has 4 aromatic heterocycles. The van der Waals surface area contributed by atoms with Gasteiger partial charge in [0.05, 0.1) is 6.20 Å². The smallest absolute Gasteiger partial charge is 0.168 e. The van der Waals surface area contributed by atoms with E-state index in [1.54, 1.807) is 30.1 Å². The third kappa shape index (κ3) is 2.04. The van der Waals surface area contributed by atoms with Crippen molar-refractivity contribution in [1.82, 2.24) is 23.8 Å². The summed E-state index contributed by atoms with van der Waals surface area (Å²) in [5, 5.41) is 0. The fourth-order valence-electron chi connectivity index (χ4n) is 2.79. The molecule has 4 rings (SSSR count). The lowest BCUT2D eigenvalue weighted by Crippen LogP contribution is -1.99. The molecule has 0 atom stereocenters. The van der Waals surface area contributed by atoms with E-state index in [0.29, 0.717) is 29.5 Å². The molecular formula is C16H14N6O2. The maximum atomic E-state index is 11.0. The van der Waals surface area contributed by atoms with Gasteiger partial charge in [-0.15, -0.1) is 0 Å². The number of carbonyl (C=O) groups excluding carboxylic acids is 1. The molecule has 0 spiro atoms. The molecule has 8 heteroatoms. The zero-order valence-corrected chi connectivity index (χ0v) is 12.9. The number of methoxy groups -OCH3 is 1. The number of nitrogen functional groups attached to an aromatic ring is 1. The van der Waals surface area contributed by atoms with Crippen LogP contribution in [0.5, 0.6) is 0 Å². The van der Waals surface area contributed by atoms with Crippen molar-refractivity contribution in [3.05, 3.63) is 48.4 Å². The number of aromatic nitrogens is 5. The lowest BCUT2D eigenvalue weighted by molar-refractivity contribution is 0.111. The molecule has 0 radical (unpaired) electrons. The van der Waals surface area contributed by atoms with Gasteiger partial charge in [-0.2, -0.15) is 0 Å². The Labute approximate surface area is 136 Å². The molecule has 0 bridgehead atoms. The van der Waals surface area contributed by atoms with Gasteiger partial charge >= 0.3 is 0 Å². The van der Waals surface area contributed by atoms with Crippen LogP contribution in [0.1, 0.15) is 16.3 Å². The van der Waals surface area contributed by atoms with Crippen molar-refractivity contribution in [3.8, 4) is 11.3 Å². The molecule has 4 heterocycles. The van der Waals surface area contributed by atoms with Crippen LogP contribution in [0.15, 0.2) is 36.9 Å². The fourth-order valence-corrected chi connectivity index (χ4v) is 2.79. The van der Waals surface area contributed by atoms with Gasteiger partial charge in [-0.25, -0.2) is 15.0 Å². The number of fused-ring (bicyclic) bond motifs is 2. The van der Waals surface area contributed by atoms with Gasteiger partial charge in [-0.3, -0.25) is 13.6 Å². The van der Waals surface area contributed by atoms with Crippen molar-refractivity contribution in [2.45, 2.75) is 6.61 Å². The van der Waals surface area contributed by atoms with E-state index >= 15 is 0 Å². The quantitative estimate of drug-likeness (QED) is 0.573. The average Bonchev–Trinajstić information content (AvgIpc) is 3.17. The normalized spacial score (nSPS) is 11.4. The van der Waals surface area contributed by atoms with Crippen LogP contribution in [0.4, 0.5) is 5.82 Å². The molecule has 0 fully saturated rings. The lowest BCUT2D eigenvalue weighted by atomic mass is 10.2. The van der Waals surface area contributed by atoms with Crippen LogP contribution in [-0.2, 0) is 11.3 Å². The minimum Gasteiger partial charge on any atom is -0.382 e. The molecule has 120 valence electrons. The van der Waals surface area contributed by atoms with Crippen LogP contribution in [0, 0.1) is 0 Å². The molecular weight excluding hydrogens is 308 g/mol. The molecule has 0 aliphatic rings. The Bertz CT molecular complexity index is 1070. The van der Waals surface area contributed by atoms with Gasteiger partial charge in [0, 0.05) is 31.3 Å². The monoisotopic (exact) mass is 322 g/mol. The number of hydrogen-bond acceptors (Lipinski definition) is 6. The van der Waals surface area contributed by atoms with Gasteiger partial charge in [0.15, 0.2) is 6.29 Å². The second-order valence-corrected chi connectivity index (χ2v) is 5.29. The summed E-state index contributed by atoms with van der Waals surface area (Å²) in [6.07, 6.45) is 7.51. The van der Waals surface area contributed by atoms with Gasteiger partial charge < -0.3 is 10.5 Å². The lowest BCUT2D eigenvalue weighted by Gasteiger charge is -2.03. The Morgan fingerprint density at radius 2 is 2.17 bits per heavy atom. The molecule has 0 aliphatic carbocycles. The highest BCUT2D eigenvalue weighted by Crippen LogP contribution is 2.29. The van der Waals surface area contributed by atoms with E-state index in [1.165, 1.54) is 6.20 Å². The van der Waals surface area contributed by atoms with Crippen LogP contribution >= 0.6 is 0 Å². The molecule has 4 aromatic rings. The Balaban J connectivity index is 1.97. The minimum atomic E-state index is 0.353. The zero-order chi connectivity index (χ0) is 16.7. The van der Waals surface area contributed by atoms with E-state index in [9.17, 15) is 4.79 Å². The third-order valence-electron chi connectivity index (χ3n) is 3.87. The largest absolute Gasteiger partial charge is 0.382 e. The van der Waals surface area contributed by atoms with E-state index in [1.807, 2.05) is 16.5 Å². The maximum Gasteiger partial charge on any atom is 0.168 e. The first-order chi connectivity index (χ1) is 11.7. The molecule has 0 aromatic carbocycles. The topological polar surface area (TPSA) is 99.8 Å². The summed E-state index contributed by atoms with van der Waals surface area (Å²) in [6.45, 7) is 0.353. The number of nitrogens with zero attached hydrogens (tertiary/aromatic N) is 5. The summed E-state index contributed by atoms with van der Waals surface area (Å²) in [5.41, 5.74) is 9.47. The van der Waals surface area contributed by atoms with Crippen molar-refractivity contribution in [2.24, 2.45) is 0 Å². The Hall–Kier alpha value is -3.26. The first-order valence-corrected chi connectivity index (χ1v) is 7.26. The number of imidazole rings is 2. The SMILES string of the molecule is COCc1nc(-c2ccn3c(C=O)cnc3c2)c2c(N)nccn12. The van der Waals surface area contributed by atoms with Crippen molar-refractivity contribution in [1.29, 1.82) is 0 Å². The molecule has 0 aliphatic heterocycles. The zero-order valence-electron chi connectivity index (χ0n) is 12.9. The van der Waals surface area contributed by atoms with E-state index in [2.05, 4.69) is 15.0 Å². The standard InChI is InChI=1S/C16H14N6O2/c1-24-9-13-20-14(15-16(17)18-3-5-22(13)15)10-2-4-21-11(8-23)7-19-12(21)6-10/h2-8H,9H2,1H3,(H2,17,18). The number of hydrogen-bond donors (Lipinski definition) is 1. The summed E-state index contributed by atoms with van der Waals surface area (Å²) in [6, 6.07) is 3.73. The number of carbonyl (C=O) groups is 1. The Morgan fingerprint density at radius 1 is 1.29 bits per heavy atom. The van der Waals surface area contributed by atoms with Crippen LogP contribution in [0.2, 0.25) is 0 Å². The van der Waals surface area contributed by atoms with Gasteiger partial charge in [-0.05, 0) is 12.1 Å². The summed E-state index contributed by atoms with van der Waals surface area (Å²) >= 11 is 0. The van der Waals surface area contributed by atoms with Gasteiger partial charge in [0.25, 0.3) is 0 Å². The summed E-state index contributed by atoms with van der Waals surface area (Å²) < 4.78 is 8.80. The molecule has 2 N–H and O–H groups in total. The van der Waals surface area contributed by atoms with Gasteiger partial charge in [0.1, 0.15) is 40.8 Å². The minimum absolute atomic E-state index is 0.353. The van der Waals surface area contributed by atoms with Crippen LogP contribution in [-0.4, -0.2) is 37.1 Å². The van der Waals surface area contributed by atoms with Gasteiger partial charge in [-0.1, -0.05) is 0 Å². The third-order valence-corrected chi connectivity index (χ3v) is 3.87. The maximum absolute atomic E-state index is 11.0. The van der Waals surface area contributed by atoms with Crippen molar-refractivity contribution < 1.29 is 9.53 Å². The van der Waals surface area contributed by atoms with Crippen molar-refractivity contribution in [3.63, 3.8) is 0 Å². The van der Waals surface area contributed by atoms with Crippen molar-refractivity contribution in [2.75, 3.05) is 12.8 Å². The predicted molar refractivity (Wildman–Crippen MR) is 87.7 cm³/mol. The number of rotatable bonds is 4. The second-order valence-electron chi connectivity index (χ2n) is 5.29. The van der Waals surface area contributed by atoms with Crippen LogP contribution < -0.4 is 5.73 Å². The summed E-state index contributed by atoms with van der Waals surface area (Å²) in [4.78, 5) is 24.1. The molecule has 8 nitrogen and oxygen atoms in total. The molecule has 0 amide bonds. The predicted octanol–water partition coefficient (Wildman–Crippen LogP) is 1.59. The molecule has 0 saturated heterocycles. The fraction of sp³-hybridized carbons (Fsp3) is 0.125. The molecule has 0 saturated carbocycles. The van der Waals surface area contributed by atoms with Crippen molar-refractivity contribution >= 4 is 23.3 Å². The first kappa shape index (κ1) is 14.3. The average molecular weight is 322 g/mol. The molecule has 0 unspecified atom stereocenters. The summed E-state index contributed by atoms with van der Waals surface area (Å²) in [7, 11) is 1.61. The number of ether oxygens (including phenoxy) is 1. The highest BCUT2D eigenvalue weighted by atomic mass is 16.5. The van der Waals surface area contributed by atoms with E-state index in [4.69, 9.17) is 10.5 Å². The number of nitrogens with two attached hydrogens (primary N) is 1. The highest BCUT2D eigenvalue weighted by Gasteiger charge is 2.16. The van der Waals surface area contributed by atoms with Crippen LogP contribution in [0.25, 0.3) is 22.4 Å². The van der Waals surface area contributed by atoms with E-state index < -0.39 is 0 Å². The number of pyridine rings is 1. The Morgan fingerprint density at radius 3 is 2.96 bits per heavy atom. The first-order valence-electron chi connectivity index (χ1n) is 7.26. The number of anilines is 1. The summed E-state index contributed by atoms with van der Waals surface area (Å²) in [5.74, 6) is 1.12. The Kier molecular flexibility index (Phi) is 3.24. The van der Waals surface area contributed by atoms with E-state index in [-0.39, 0.29) is 0 Å². The van der Waals surface area contributed by atoms with Gasteiger partial charge in [0.2, 0.25) is 0 Å². The van der Waals surface area contributed by atoms with Crippen LogP contribution in [0.3, 0.4) is 0 Å². The number of aldehydes is 1. The second kappa shape index (κ2) is 5.43. The van der Waals surface area contributed by atoms with E-state index in [0.717, 1.165) is 23.2 Å².